The zero-order chi connectivity index (χ0) is 16.2. The van der Waals surface area contributed by atoms with Crippen molar-refractivity contribution in [2.75, 3.05) is 6.54 Å². The molecule has 2 aromatic rings. The van der Waals surface area contributed by atoms with Gasteiger partial charge in [-0.1, -0.05) is 30.3 Å². The minimum atomic E-state index is -0.874. The van der Waals surface area contributed by atoms with Crippen LogP contribution in [-0.4, -0.2) is 22.5 Å². The van der Waals surface area contributed by atoms with Gasteiger partial charge in [-0.2, -0.15) is 5.26 Å². The third-order valence-corrected chi connectivity index (χ3v) is 4.08. The summed E-state index contributed by atoms with van der Waals surface area (Å²) >= 11 is 0. The number of benzene rings is 1. The molecule has 3 rings (SSSR count). The Balaban J connectivity index is 1.50. The third kappa shape index (κ3) is 3.55. The van der Waals surface area contributed by atoms with Gasteiger partial charge in [0.1, 0.15) is 12.2 Å². The molecule has 0 bridgehead atoms. The lowest BCUT2D eigenvalue weighted by molar-refractivity contribution is -0.122. The van der Waals surface area contributed by atoms with E-state index in [1.54, 1.807) is 12.1 Å². The highest BCUT2D eigenvalue weighted by Gasteiger charge is 2.43. The first-order valence-electron chi connectivity index (χ1n) is 7.56. The Bertz CT molecular complexity index is 722. The predicted octanol–water partition coefficient (Wildman–Crippen LogP) is 1.91. The summed E-state index contributed by atoms with van der Waals surface area (Å²) in [6, 6.07) is 15.1. The van der Waals surface area contributed by atoms with Crippen molar-refractivity contribution in [1.82, 2.24) is 10.3 Å². The molecule has 5 heteroatoms. The smallest absolute Gasteiger partial charge is 0.223 e. The van der Waals surface area contributed by atoms with Crippen LogP contribution in [0, 0.1) is 17.2 Å². The van der Waals surface area contributed by atoms with Crippen molar-refractivity contribution < 1.29 is 9.90 Å². The molecule has 23 heavy (non-hydrogen) atoms. The van der Waals surface area contributed by atoms with Crippen molar-refractivity contribution in [3.63, 3.8) is 0 Å². The number of pyridine rings is 1. The van der Waals surface area contributed by atoms with Gasteiger partial charge in [0.15, 0.2) is 0 Å². The quantitative estimate of drug-likeness (QED) is 0.883. The van der Waals surface area contributed by atoms with Crippen LogP contribution in [0.15, 0.2) is 48.7 Å². The minimum Gasteiger partial charge on any atom is -0.385 e. The summed E-state index contributed by atoms with van der Waals surface area (Å²) < 4.78 is 0. The molecule has 1 aromatic carbocycles. The monoisotopic (exact) mass is 307 g/mol. The van der Waals surface area contributed by atoms with Gasteiger partial charge in [-0.15, -0.1) is 0 Å². The number of hydrogen-bond donors (Lipinski definition) is 2. The van der Waals surface area contributed by atoms with Gasteiger partial charge >= 0.3 is 0 Å². The highest BCUT2D eigenvalue weighted by Crippen LogP contribution is 2.47. The molecule has 5 nitrogen and oxygen atoms in total. The fourth-order valence-electron chi connectivity index (χ4n) is 2.65. The molecule has 1 heterocycles. The van der Waals surface area contributed by atoms with Crippen molar-refractivity contribution in [3.05, 3.63) is 65.5 Å². The van der Waals surface area contributed by atoms with E-state index in [9.17, 15) is 9.90 Å². The van der Waals surface area contributed by atoms with Crippen molar-refractivity contribution in [3.8, 4) is 6.07 Å². The number of nitriles is 1. The molecule has 1 aliphatic rings. The molecule has 0 aliphatic heterocycles. The molecule has 0 spiro atoms. The van der Waals surface area contributed by atoms with Crippen LogP contribution in [0.5, 0.6) is 0 Å². The summed E-state index contributed by atoms with van der Waals surface area (Å²) in [6.07, 6.45) is 1.38. The normalized spacial score (nSPS) is 20.3. The standard InChI is InChI=1S/C18H17N3O2/c19-9-12-6-7-16(20-10-12)17(22)11-21-18(23)15-8-14(15)13-4-2-1-3-5-13/h1-7,10,14-15,17,22H,8,11H2,(H,21,23)/t14-,15+,17-/m1/s1. The van der Waals surface area contributed by atoms with Crippen LogP contribution in [0.2, 0.25) is 0 Å². The number of aliphatic hydroxyl groups excluding tert-OH is 1. The Morgan fingerprint density at radius 2 is 2.13 bits per heavy atom. The van der Waals surface area contributed by atoms with Gasteiger partial charge < -0.3 is 10.4 Å². The highest BCUT2D eigenvalue weighted by atomic mass is 16.3. The number of carbonyl (C=O) groups excluding carboxylic acids is 1. The molecule has 0 saturated heterocycles. The summed E-state index contributed by atoms with van der Waals surface area (Å²) in [7, 11) is 0. The number of nitrogens with one attached hydrogen (secondary N) is 1. The van der Waals surface area contributed by atoms with Crippen molar-refractivity contribution in [2.24, 2.45) is 5.92 Å². The maximum Gasteiger partial charge on any atom is 0.223 e. The van der Waals surface area contributed by atoms with E-state index in [1.165, 1.54) is 11.8 Å². The third-order valence-electron chi connectivity index (χ3n) is 4.08. The zero-order valence-corrected chi connectivity index (χ0v) is 12.5. The van der Waals surface area contributed by atoms with E-state index in [0.29, 0.717) is 11.3 Å². The molecule has 1 saturated carbocycles. The second-order valence-corrected chi connectivity index (χ2v) is 5.70. The molecular formula is C18H17N3O2. The van der Waals surface area contributed by atoms with Crippen LogP contribution < -0.4 is 5.32 Å². The molecule has 1 aromatic heterocycles. The number of aromatic nitrogens is 1. The van der Waals surface area contributed by atoms with E-state index in [0.717, 1.165) is 6.42 Å². The SMILES string of the molecule is N#Cc1ccc([C@H](O)CNC(=O)[C@H]2C[C@@H]2c2ccccc2)nc1. The van der Waals surface area contributed by atoms with Crippen LogP contribution in [-0.2, 0) is 4.79 Å². The Kier molecular flexibility index (Phi) is 4.35. The lowest BCUT2D eigenvalue weighted by Gasteiger charge is -2.11. The lowest BCUT2D eigenvalue weighted by Crippen LogP contribution is -2.30. The Morgan fingerprint density at radius 3 is 2.78 bits per heavy atom. The lowest BCUT2D eigenvalue weighted by atomic mass is 10.1. The summed E-state index contributed by atoms with van der Waals surface area (Å²) in [5.41, 5.74) is 2.07. The maximum atomic E-state index is 12.1. The van der Waals surface area contributed by atoms with E-state index in [-0.39, 0.29) is 24.3 Å². The Morgan fingerprint density at radius 1 is 1.35 bits per heavy atom. The molecule has 1 amide bonds. The van der Waals surface area contributed by atoms with Gasteiger partial charge in [-0.3, -0.25) is 9.78 Å². The largest absolute Gasteiger partial charge is 0.385 e. The van der Waals surface area contributed by atoms with Crippen LogP contribution in [0.25, 0.3) is 0 Å². The van der Waals surface area contributed by atoms with Gasteiger partial charge in [0.05, 0.1) is 11.3 Å². The van der Waals surface area contributed by atoms with Crippen LogP contribution in [0.4, 0.5) is 0 Å². The van der Waals surface area contributed by atoms with Gasteiger partial charge in [0, 0.05) is 18.7 Å². The minimum absolute atomic E-state index is 0.0153. The average Bonchev–Trinajstić information content (AvgIpc) is 3.41. The first-order chi connectivity index (χ1) is 11.2. The number of carbonyl (C=O) groups is 1. The van der Waals surface area contributed by atoms with E-state index in [1.807, 2.05) is 36.4 Å². The molecule has 0 radical (unpaired) electrons. The summed E-state index contributed by atoms with van der Waals surface area (Å²) in [5.74, 6) is 0.228. The number of amides is 1. The first-order valence-corrected chi connectivity index (χ1v) is 7.56. The van der Waals surface area contributed by atoms with E-state index in [2.05, 4.69) is 10.3 Å². The zero-order valence-electron chi connectivity index (χ0n) is 12.5. The van der Waals surface area contributed by atoms with Gasteiger partial charge in [0.2, 0.25) is 5.91 Å². The van der Waals surface area contributed by atoms with Crippen molar-refractivity contribution >= 4 is 5.91 Å². The maximum absolute atomic E-state index is 12.1. The molecule has 0 unspecified atom stereocenters. The summed E-state index contributed by atoms with van der Waals surface area (Å²) in [4.78, 5) is 16.2. The average molecular weight is 307 g/mol. The summed E-state index contributed by atoms with van der Waals surface area (Å²) in [5, 5.41) is 21.6. The first kappa shape index (κ1) is 15.2. The van der Waals surface area contributed by atoms with Crippen LogP contribution >= 0.6 is 0 Å². The molecular weight excluding hydrogens is 290 g/mol. The fraction of sp³-hybridized carbons (Fsp3) is 0.278. The van der Waals surface area contributed by atoms with Gasteiger partial charge in [0.25, 0.3) is 0 Å². The molecule has 1 aliphatic carbocycles. The second-order valence-electron chi connectivity index (χ2n) is 5.70. The Hall–Kier alpha value is -2.71. The number of hydrogen-bond acceptors (Lipinski definition) is 4. The van der Waals surface area contributed by atoms with E-state index < -0.39 is 6.10 Å². The molecule has 116 valence electrons. The number of nitrogens with zero attached hydrogens (tertiary/aromatic N) is 2. The molecule has 2 N–H and O–H groups in total. The highest BCUT2D eigenvalue weighted by molar-refractivity contribution is 5.82. The van der Waals surface area contributed by atoms with Gasteiger partial charge in [-0.25, -0.2) is 0 Å². The summed E-state index contributed by atoms with van der Waals surface area (Å²) in [6.45, 7) is 0.121. The van der Waals surface area contributed by atoms with Gasteiger partial charge in [-0.05, 0) is 30.0 Å². The van der Waals surface area contributed by atoms with Crippen molar-refractivity contribution in [2.45, 2.75) is 18.4 Å². The second kappa shape index (κ2) is 6.59. The van der Waals surface area contributed by atoms with E-state index >= 15 is 0 Å². The topological polar surface area (TPSA) is 86.0 Å². The van der Waals surface area contributed by atoms with E-state index in [4.69, 9.17) is 5.26 Å². The molecule has 3 atom stereocenters. The molecule has 1 fully saturated rings. The number of rotatable bonds is 5. The van der Waals surface area contributed by atoms with Crippen LogP contribution in [0.1, 0.15) is 35.3 Å². The van der Waals surface area contributed by atoms with Crippen molar-refractivity contribution in [1.29, 1.82) is 5.26 Å². The fourth-order valence-corrected chi connectivity index (χ4v) is 2.65. The number of aliphatic hydroxyl groups is 1. The predicted molar refractivity (Wildman–Crippen MR) is 84.2 cm³/mol. The van der Waals surface area contributed by atoms with Crippen LogP contribution in [0.3, 0.4) is 0 Å². The Labute approximate surface area is 134 Å².